The molecule has 0 bridgehead atoms. The lowest BCUT2D eigenvalue weighted by Gasteiger charge is -2.14. The summed E-state index contributed by atoms with van der Waals surface area (Å²) in [4.78, 5) is 46.1. The molecule has 20 nitrogen and oxygen atoms in total. The topological polar surface area (TPSA) is 300 Å². The summed E-state index contributed by atoms with van der Waals surface area (Å²) in [5.74, 6) is 0.968. The highest BCUT2D eigenvalue weighted by Gasteiger charge is 2.16. The second kappa shape index (κ2) is 39.5. The molecule has 0 fully saturated rings. The molecule has 0 aliphatic heterocycles. The maximum absolute atomic E-state index is 11.6. The third-order valence-electron chi connectivity index (χ3n) is 12.3. The average molecular weight is 1030 g/mol. The van der Waals surface area contributed by atoms with Crippen molar-refractivity contribution < 1.29 is 28.7 Å². The van der Waals surface area contributed by atoms with Gasteiger partial charge in [0.15, 0.2) is 0 Å². The molecule has 4 aromatic rings. The Labute approximate surface area is 439 Å². The molecular formula is C54H90N14O6. The summed E-state index contributed by atoms with van der Waals surface area (Å²) in [5.41, 5.74) is 25.2. The van der Waals surface area contributed by atoms with Gasteiger partial charge in [0.1, 0.15) is 36.1 Å². The van der Waals surface area contributed by atoms with Gasteiger partial charge >= 0.3 is 0 Å². The first-order valence-corrected chi connectivity index (χ1v) is 27.2. The Morgan fingerprint density at radius 2 is 0.851 bits per heavy atom. The zero-order valence-corrected chi connectivity index (χ0v) is 44.6. The summed E-state index contributed by atoms with van der Waals surface area (Å²) in [5, 5.41) is 28.4. The molecule has 2 atom stereocenters. The van der Waals surface area contributed by atoms with Gasteiger partial charge in [0.25, 0.3) is 0 Å². The maximum Gasteiger partial charge on any atom is 0.234 e. The Hall–Kier alpha value is -5.96. The number of carbonyl (C=O) groups is 4. The third-order valence-corrected chi connectivity index (χ3v) is 12.3. The first-order valence-electron chi connectivity index (χ1n) is 27.2. The second-order valence-corrected chi connectivity index (χ2v) is 18.8. The molecule has 4 rings (SSSR count). The number of carbonyl (C=O) groups excluding carboxylic acids is 4. The van der Waals surface area contributed by atoms with E-state index < -0.39 is 23.9 Å². The molecule has 20 heteroatoms. The highest BCUT2D eigenvalue weighted by atomic mass is 16.5. The Kier molecular flexibility index (Phi) is 33.3. The van der Waals surface area contributed by atoms with Crippen LogP contribution in [0.4, 0.5) is 0 Å². The van der Waals surface area contributed by atoms with Crippen LogP contribution in [-0.2, 0) is 58.3 Å². The molecule has 2 heterocycles. The predicted octanol–water partition coefficient (Wildman–Crippen LogP) is 5.59. The van der Waals surface area contributed by atoms with Gasteiger partial charge in [-0.05, 0) is 86.8 Å². The van der Waals surface area contributed by atoms with Crippen LogP contribution in [0.3, 0.4) is 0 Å². The van der Waals surface area contributed by atoms with E-state index in [1.165, 1.54) is 64.2 Å². The van der Waals surface area contributed by atoms with E-state index in [2.05, 4.69) is 55.7 Å². The van der Waals surface area contributed by atoms with Crippen LogP contribution in [0.2, 0.25) is 0 Å². The van der Waals surface area contributed by atoms with Gasteiger partial charge in [-0.1, -0.05) is 126 Å². The van der Waals surface area contributed by atoms with E-state index in [4.69, 9.17) is 32.4 Å². The van der Waals surface area contributed by atoms with Gasteiger partial charge in [-0.2, -0.15) is 0 Å². The number of hydrogen-bond acceptors (Lipinski definition) is 14. The van der Waals surface area contributed by atoms with Crippen LogP contribution in [0.15, 0.2) is 60.9 Å². The molecule has 0 saturated heterocycles. The lowest BCUT2D eigenvalue weighted by atomic mass is 10.1. The molecular weight excluding hydrogens is 941 g/mol. The molecule has 0 radical (unpaired) electrons. The van der Waals surface area contributed by atoms with Crippen molar-refractivity contribution in [3.63, 3.8) is 0 Å². The summed E-state index contributed by atoms with van der Waals surface area (Å²) in [6.07, 6.45) is 26.7. The summed E-state index contributed by atoms with van der Waals surface area (Å²) in [6.45, 7) is 8.49. The quantitative estimate of drug-likeness (QED) is 0.0198. The van der Waals surface area contributed by atoms with Crippen molar-refractivity contribution in [3.8, 4) is 11.5 Å². The lowest BCUT2D eigenvalue weighted by Crippen LogP contribution is -2.45. The predicted molar refractivity (Wildman–Crippen MR) is 289 cm³/mol. The Bertz CT molecular complexity index is 1950. The Balaban J connectivity index is 0.000000390. The van der Waals surface area contributed by atoms with Crippen molar-refractivity contribution in [2.24, 2.45) is 22.9 Å². The minimum atomic E-state index is -0.493. The van der Waals surface area contributed by atoms with Gasteiger partial charge in [-0.25, -0.2) is 0 Å². The average Bonchev–Trinajstić information content (AvgIpc) is 4.07. The highest BCUT2D eigenvalue weighted by molar-refractivity contribution is 5.80. The number of nitrogens with zero attached hydrogens (tertiary/aromatic N) is 6. The number of nitrogens with one attached hydrogen (secondary N) is 4. The van der Waals surface area contributed by atoms with Crippen molar-refractivity contribution in [3.05, 3.63) is 83.4 Å². The Morgan fingerprint density at radius 1 is 0.514 bits per heavy atom. The summed E-state index contributed by atoms with van der Waals surface area (Å²) in [6, 6.07) is 14.1. The zero-order chi connectivity index (χ0) is 53.4. The van der Waals surface area contributed by atoms with Crippen molar-refractivity contribution >= 4 is 23.6 Å². The molecule has 2 aromatic heterocycles. The van der Waals surface area contributed by atoms with Gasteiger partial charge in [-0.15, -0.1) is 10.2 Å². The molecule has 0 aliphatic rings. The fourth-order valence-corrected chi connectivity index (χ4v) is 8.03. The maximum atomic E-state index is 11.6. The van der Waals surface area contributed by atoms with Gasteiger partial charge in [0.05, 0.1) is 24.5 Å². The number of aromatic nitrogens is 6. The van der Waals surface area contributed by atoms with Crippen molar-refractivity contribution in [2.45, 2.75) is 193 Å². The molecule has 12 N–H and O–H groups in total. The minimum absolute atomic E-state index is 0.187. The van der Waals surface area contributed by atoms with Crippen LogP contribution in [0.5, 0.6) is 11.5 Å². The van der Waals surface area contributed by atoms with E-state index in [9.17, 15) is 19.2 Å². The minimum Gasteiger partial charge on any atom is -0.487 e. The molecule has 0 saturated carbocycles. The Morgan fingerprint density at radius 3 is 1.18 bits per heavy atom. The number of unbranched alkanes of at least 4 members (excludes halogenated alkanes) is 14. The molecule has 74 heavy (non-hydrogen) atoms. The number of primary amides is 2. The van der Waals surface area contributed by atoms with Crippen molar-refractivity contribution in [2.75, 3.05) is 26.4 Å². The van der Waals surface area contributed by atoms with Crippen LogP contribution in [0, 0.1) is 0 Å². The molecule has 0 spiro atoms. The summed E-state index contributed by atoms with van der Waals surface area (Å²) >= 11 is 0. The number of ether oxygens (including phenoxy) is 2. The van der Waals surface area contributed by atoms with E-state index in [1.54, 1.807) is 0 Å². The first kappa shape index (κ1) is 62.3. The van der Waals surface area contributed by atoms with E-state index in [0.29, 0.717) is 38.9 Å². The van der Waals surface area contributed by atoms with Crippen molar-refractivity contribution in [1.29, 1.82) is 0 Å². The number of nitrogens with two attached hydrogens (primary N) is 4. The SMILES string of the molecule is CCCNC(=O)CCCCCCCCCCn1cc(COc2ccc(C[C@H](NCN)C(N)=O)cc2)nn1.CCCNC(=O)CCCCCCCCCCn1cc(COc2ccc(C[C@H](NCN)C(N)=O)cc2)nn1. The van der Waals surface area contributed by atoms with Crippen LogP contribution in [0.25, 0.3) is 0 Å². The smallest absolute Gasteiger partial charge is 0.234 e. The molecule has 2 aromatic carbocycles. The zero-order valence-electron chi connectivity index (χ0n) is 44.6. The van der Waals surface area contributed by atoms with E-state index in [-0.39, 0.29) is 25.2 Å². The number of amides is 4. The number of rotatable bonds is 42. The van der Waals surface area contributed by atoms with Crippen molar-refractivity contribution in [1.82, 2.24) is 51.3 Å². The summed E-state index contributed by atoms with van der Waals surface area (Å²) < 4.78 is 15.4. The van der Waals surface area contributed by atoms with Crippen LogP contribution >= 0.6 is 0 Å². The van der Waals surface area contributed by atoms with Gasteiger partial charge in [0, 0.05) is 52.4 Å². The monoisotopic (exact) mass is 1030 g/mol. The van der Waals surface area contributed by atoms with Crippen LogP contribution < -0.4 is 53.7 Å². The van der Waals surface area contributed by atoms with Gasteiger partial charge in [-0.3, -0.25) is 39.2 Å². The fraction of sp³-hybridized carbons (Fsp3) is 0.630. The van der Waals surface area contributed by atoms with E-state index in [1.807, 2.05) is 70.3 Å². The van der Waals surface area contributed by atoms with Crippen LogP contribution in [-0.4, -0.2) is 92.1 Å². The normalized spacial score (nSPS) is 11.8. The molecule has 412 valence electrons. The first-order chi connectivity index (χ1) is 36.0. The van der Waals surface area contributed by atoms with E-state index >= 15 is 0 Å². The number of aryl methyl sites for hydroxylation is 2. The largest absolute Gasteiger partial charge is 0.487 e. The van der Waals surface area contributed by atoms with Gasteiger partial charge < -0.3 is 43.0 Å². The second-order valence-electron chi connectivity index (χ2n) is 18.8. The molecule has 0 aliphatic carbocycles. The van der Waals surface area contributed by atoms with Crippen LogP contribution in [0.1, 0.15) is 165 Å². The molecule has 0 unspecified atom stereocenters. The third kappa shape index (κ3) is 29.1. The lowest BCUT2D eigenvalue weighted by molar-refractivity contribution is -0.122. The number of hydrogen-bond donors (Lipinski definition) is 8. The standard InChI is InChI=1S/2C27H45N7O3/c2*1-2-16-30-26(35)11-9-7-5-3-4-6-8-10-17-34-19-23(32-33-34)20-37-24-14-12-22(13-15-24)18-25(27(29)36)31-21-28/h2*12-15,19,25,31H,2-11,16-18,20-21,28H2,1H3,(H2,29,36)(H,30,35)/t2*25-/m00/s1. The number of benzene rings is 2. The van der Waals surface area contributed by atoms with E-state index in [0.717, 1.165) is 112 Å². The fourth-order valence-electron chi connectivity index (χ4n) is 8.03. The van der Waals surface area contributed by atoms with Gasteiger partial charge in [0.2, 0.25) is 23.6 Å². The summed E-state index contributed by atoms with van der Waals surface area (Å²) in [7, 11) is 0. The highest BCUT2D eigenvalue weighted by Crippen LogP contribution is 2.18. The molecule has 4 amide bonds.